The number of hydrogen-bond donors (Lipinski definition) is 2. The molecule has 0 atom stereocenters. The molecule has 2 aromatic carbocycles. The zero-order valence-corrected chi connectivity index (χ0v) is 11.6. The summed E-state index contributed by atoms with van der Waals surface area (Å²) < 4.78 is 38.0. The molecule has 0 aliphatic rings. The molecule has 0 spiro atoms. The monoisotopic (exact) mass is 305 g/mol. The zero-order chi connectivity index (χ0) is 15.7. The number of imidazole rings is 1. The Kier molecular flexibility index (Phi) is 3.52. The lowest BCUT2D eigenvalue weighted by Gasteiger charge is -2.05. The van der Waals surface area contributed by atoms with Crippen LogP contribution in [0.15, 0.2) is 42.5 Å². The number of benzene rings is 2. The Morgan fingerprint density at radius 1 is 1.00 bits per heavy atom. The van der Waals surface area contributed by atoms with Gasteiger partial charge in [0.15, 0.2) is 0 Å². The Hall–Kier alpha value is -2.50. The lowest BCUT2D eigenvalue weighted by atomic mass is 10.1. The first-order valence-corrected chi connectivity index (χ1v) is 6.82. The number of anilines is 1. The van der Waals surface area contributed by atoms with Crippen LogP contribution in [-0.4, -0.2) is 9.97 Å². The Bertz CT molecular complexity index is 788. The van der Waals surface area contributed by atoms with E-state index in [2.05, 4.69) is 9.97 Å². The maximum Gasteiger partial charge on any atom is 0.416 e. The first-order valence-electron chi connectivity index (χ1n) is 6.82. The number of nitrogens with two attached hydrogens (primary N) is 1. The van der Waals surface area contributed by atoms with Crippen molar-refractivity contribution in [2.75, 3.05) is 5.73 Å². The standard InChI is InChI=1S/C16H14F3N3/c17-16(18,19)11-4-7-13-14(9-11)22-15(21-13)8-3-10-1-5-12(20)6-2-10/h1-2,4-7,9H,3,8,20H2,(H,21,22). The number of rotatable bonds is 3. The third kappa shape index (κ3) is 3.05. The van der Waals surface area contributed by atoms with Crippen LogP contribution in [0, 0.1) is 0 Å². The second-order valence-corrected chi connectivity index (χ2v) is 5.15. The third-order valence-corrected chi connectivity index (χ3v) is 3.49. The van der Waals surface area contributed by atoms with Gasteiger partial charge in [-0.2, -0.15) is 13.2 Å². The average molecular weight is 305 g/mol. The summed E-state index contributed by atoms with van der Waals surface area (Å²) in [6.45, 7) is 0. The van der Waals surface area contributed by atoms with Crippen LogP contribution in [-0.2, 0) is 19.0 Å². The van der Waals surface area contributed by atoms with Crippen molar-refractivity contribution in [3.63, 3.8) is 0 Å². The van der Waals surface area contributed by atoms with E-state index in [-0.39, 0.29) is 0 Å². The second-order valence-electron chi connectivity index (χ2n) is 5.15. The van der Waals surface area contributed by atoms with Crippen molar-refractivity contribution in [3.05, 3.63) is 59.4 Å². The summed E-state index contributed by atoms with van der Waals surface area (Å²) in [5.74, 6) is 0.672. The topological polar surface area (TPSA) is 54.7 Å². The maximum atomic E-state index is 12.7. The third-order valence-electron chi connectivity index (χ3n) is 3.49. The molecule has 22 heavy (non-hydrogen) atoms. The van der Waals surface area contributed by atoms with Crippen molar-refractivity contribution < 1.29 is 13.2 Å². The molecule has 3 nitrogen and oxygen atoms in total. The highest BCUT2D eigenvalue weighted by Crippen LogP contribution is 2.30. The number of halogens is 3. The Morgan fingerprint density at radius 2 is 1.73 bits per heavy atom. The largest absolute Gasteiger partial charge is 0.416 e. The normalized spacial score (nSPS) is 12.0. The van der Waals surface area contributed by atoms with Crippen molar-refractivity contribution >= 4 is 16.7 Å². The number of nitrogens with zero attached hydrogens (tertiary/aromatic N) is 1. The molecule has 0 saturated heterocycles. The smallest absolute Gasteiger partial charge is 0.399 e. The molecule has 0 radical (unpaired) electrons. The molecule has 114 valence electrons. The highest BCUT2D eigenvalue weighted by atomic mass is 19.4. The van der Waals surface area contributed by atoms with E-state index in [1.165, 1.54) is 6.07 Å². The molecule has 3 N–H and O–H groups in total. The maximum absolute atomic E-state index is 12.7. The van der Waals surface area contributed by atoms with Gasteiger partial charge >= 0.3 is 6.18 Å². The average Bonchev–Trinajstić information content (AvgIpc) is 2.87. The number of aryl methyl sites for hydroxylation is 2. The number of H-pyrrole nitrogens is 1. The number of nitrogen functional groups attached to an aromatic ring is 1. The Morgan fingerprint density at radius 3 is 2.41 bits per heavy atom. The molecule has 0 amide bonds. The lowest BCUT2D eigenvalue weighted by molar-refractivity contribution is -0.137. The van der Waals surface area contributed by atoms with Crippen LogP contribution in [0.4, 0.5) is 18.9 Å². The fraction of sp³-hybridized carbons (Fsp3) is 0.188. The Balaban J connectivity index is 1.78. The summed E-state index contributed by atoms with van der Waals surface area (Å²) in [6.07, 6.45) is -2.98. The number of aromatic nitrogens is 2. The van der Waals surface area contributed by atoms with Gasteiger partial charge in [0.05, 0.1) is 16.6 Å². The van der Waals surface area contributed by atoms with Crippen molar-refractivity contribution in [2.45, 2.75) is 19.0 Å². The van der Waals surface area contributed by atoms with Crippen molar-refractivity contribution in [1.82, 2.24) is 9.97 Å². The predicted molar refractivity (Wildman–Crippen MR) is 79.4 cm³/mol. The zero-order valence-electron chi connectivity index (χ0n) is 11.6. The molecule has 1 aromatic heterocycles. The highest BCUT2D eigenvalue weighted by Gasteiger charge is 2.30. The summed E-state index contributed by atoms with van der Waals surface area (Å²) in [5, 5.41) is 0. The number of nitrogens with one attached hydrogen (secondary N) is 1. The van der Waals surface area contributed by atoms with E-state index in [0.717, 1.165) is 24.1 Å². The van der Waals surface area contributed by atoms with E-state index in [1.807, 2.05) is 24.3 Å². The van der Waals surface area contributed by atoms with Gasteiger partial charge < -0.3 is 10.7 Å². The van der Waals surface area contributed by atoms with E-state index >= 15 is 0 Å². The van der Waals surface area contributed by atoms with Crippen LogP contribution < -0.4 is 5.73 Å². The number of aromatic amines is 1. The molecule has 3 aromatic rings. The quantitative estimate of drug-likeness (QED) is 0.720. The molecule has 6 heteroatoms. The summed E-state index contributed by atoms with van der Waals surface area (Å²) in [4.78, 5) is 7.27. The van der Waals surface area contributed by atoms with Crippen LogP contribution >= 0.6 is 0 Å². The summed E-state index contributed by atoms with van der Waals surface area (Å²) in [7, 11) is 0. The molecule has 0 fully saturated rings. The summed E-state index contributed by atoms with van der Waals surface area (Å²) in [6, 6.07) is 11.0. The van der Waals surface area contributed by atoms with Gasteiger partial charge in [-0.15, -0.1) is 0 Å². The molecule has 3 rings (SSSR count). The van der Waals surface area contributed by atoms with Gasteiger partial charge in [0.25, 0.3) is 0 Å². The molecule has 0 aliphatic carbocycles. The first-order chi connectivity index (χ1) is 10.4. The van der Waals surface area contributed by atoms with Gasteiger partial charge in [-0.05, 0) is 42.3 Å². The number of hydrogen-bond acceptors (Lipinski definition) is 2. The van der Waals surface area contributed by atoms with Crippen LogP contribution in [0.3, 0.4) is 0 Å². The molecule has 0 aliphatic heterocycles. The summed E-state index contributed by atoms with van der Waals surface area (Å²) >= 11 is 0. The van der Waals surface area contributed by atoms with E-state index < -0.39 is 11.7 Å². The molecule has 0 saturated carbocycles. The van der Waals surface area contributed by atoms with Gasteiger partial charge in [-0.1, -0.05) is 12.1 Å². The molecular formula is C16H14F3N3. The minimum absolute atomic E-state index is 0.405. The SMILES string of the molecule is Nc1ccc(CCc2nc3ccc(C(F)(F)F)cc3[nH]2)cc1. The molecule has 1 heterocycles. The van der Waals surface area contributed by atoms with Gasteiger partial charge in [-0.3, -0.25) is 0 Å². The number of fused-ring (bicyclic) bond motifs is 1. The van der Waals surface area contributed by atoms with Crippen LogP contribution in [0.25, 0.3) is 11.0 Å². The van der Waals surface area contributed by atoms with E-state index in [9.17, 15) is 13.2 Å². The minimum atomic E-state index is -4.34. The predicted octanol–water partition coefficient (Wildman–Crippen LogP) is 3.95. The Labute approximate surface area is 125 Å². The van der Waals surface area contributed by atoms with Gasteiger partial charge in [-0.25, -0.2) is 4.98 Å². The molecule has 0 bridgehead atoms. The van der Waals surface area contributed by atoms with Gasteiger partial charge in [0.1, 0.15) is 5.82 Å². The van der Waals surface area contributed by atoms with Crippen LogP contribution in [0.2, 0.25) is 0 Å². The first kappa shape index (κ1) is 14.4. The van der Waals surface area contributed by atoms with Crippen molar-refractivity contribution in [3.8, 4) is 0 Å². The fourth-order valence-corrected chi connectivity index (χ4v) is 2.30. The highest BCUT2D eigenvalue weighted by molar-refractivity contribution is 5.76. The van der Waals surface area contributed by atoms with E-state index in [0.29, 0.717) is 29.0 Å². The van der Waals surface area contributed by atoms with Crippen molar-refractivity contribution in [2.24, 2.45) is 0 Å². The van der Waals surface area contributed by atoms with Crippen LogP contribution in [0.1, 0.15) is 17.0 Å². The minimum Gasteiger partial charge on any atom is -0.399 e. The van der Waals surface area contributed by atoms with Gasteiger partial charge in [0, 0.05) is 12.1 Å². The summed E-state index contributed by atoms with van der Waals surface area (Å²) in [5.41, 5.74) is 7.70. The molecular weight excluding hydrogens is 291 g/mol. The second kappa shape index (κ2) is 5.36. The van der Waals surface area contributed by atoms with Crippen LogP contribution in [0.5, 0.6) is 0 Å². The van der Waals surface area contributed by atoms with E-state index in [4.69, 9.17) is 5.73 Å². The van der Waals surface area contributed by atoms with E-state index in [1.54, 1.807) is 0 Å². The lowest BCUT2D eigenvalue weighted by Crippen LogP contribution is -2.04. The fourth-order valence-electron chi connectivity index (χ4n) is 2.30. The van der Waals surface area contributed by atoms with Gasteiger partial charge in [0.2, 0.25) is 0 Å². The van der Waals surface area contributed by atoms with Crippen molar-refractivity contribution in [1.29, 1.82) is 0 Å². The number of alkyl halides is 3. The molecule has 0 unspecified atom stereocenters.